The van der Waals surface area contributed by atoms with Gasteiger partial charge in [0.1, 0.15) is 0 Å². The summed E-state index contributed by atoms with van der Waals surface area (Å²) in [5.41, 5.74) is 4.71. The largest absolute Gasteiger partial charge is 1.00 e. The van der Waals surface area contributed by atoms with E-state index in [2.05, 4.69) is 47.4 Å². The fraction of sp³-hybridized carbons (Fsp3) is 0.531. The molecule has 1 aromatic carbocycles. The fourth-order valence-corrected chi connectivity index (χ4v) is 8.03. The smallest absolute Gasteiger partial charge is 0.550 e. The van der Waals surface area contributed by atoms with Gasteiger partial charge in [0.25, 0.3) is 0 Å². The van der Waals surface area contributed by atoms with Crippen LogP contribution in [0.4, 0.5) is 5.69 Å². The number of hydrogen-bond donors (Lipinski definition) is 0. The Kier molecular flexibility index (Phi) is 9.32. The Morgan fingerprint density at radius 2 is 1.85 bits per heavy atom. The molecule has 0 saturated heterocycles. The predicted octanol–water partition coefficient (Wildman–Crippen LogP) is 1.67. The van der Waals surface area contributed by atoms with Gasteiger partial charge in [-0.2, -0.15) is 0 Å². The van der Waals surface area contributed by atoms with Crippen LogP contribution in [0.2, 0.25) is 0 Å². The maximum absolute atomic E-state index is 12.9. The zero-order valence-electron chi connectivity index (χ0n) is 23.8. The zero-order valence-corrected chi connectivity index (χ0v) is 26.6. The summed E-state index contributed by atoms with van der Waals surface area (Å²) in [5.74, 6) is 2.02. The number of rotatable bonds is 6. The molecule has 0 heterocycles. The zero-order chi connectivity index (χ0) is 27.9. The second-order valence-corrected chi connectivity index (χ2v) is 12.1. The molecule has 0 amide bonds. The number of carbonyl (C=O) groups is 3. The summed E-state index contributed by atoms with van der Waals surface area (Å²) in [6, 6.07) is 8.65. The van der Waals surface area contributed by atoms with Crippen LogP contribution in [0.15, 0.2) is 47.1 Å². The monoisotopic (exact) mass is 571 g/mol. The van der Waals surface area contributed by atoms with Crippen molar-refractivity contribution in [2.75, 3.05) is 19.0 Å². The van der Waals surface area contributed by atoms with E-state index in [-0.39, 0.29) is 59.5 Å². The molecule has 0 aliphatic heterocycles. The van der Waals surface area contributed by atoms with Gasteiger partial charge < -0.3 is 19.5 Å². The minimum atomic E-state index is -1.29. The quantitative estimate of drug-likeness (QED) is 0.293. The van der Waals surface area contributed by atoms with E-state index in [0.717, 1.165) is 37.8 Å². The van der Waals surface area contributed by atoms with Crippen LogP contribution in [0.25, 0.3) is 0 Å². The number of carbonyl (C=O) groups excluding carboxylic acids is 3. The van der Waals surface area contributed by atoms with Crippen molar-refractivity contribution in [3.63, 3.8) is 0 Å². The minimum absolute atomic E-state index is 0. The Morgan fingerprint density at radius 3 is 2.50 bits per heavy atom. The molecule has 40 heavy (non-hydrogen) atoms. The molecule has 6 nitrogen and oxygen atoms in total. The van der Waals surface area contributed by atoms with Gasteiger partial charge in [-0.05, 0) is 109 Å². The van der Waals surface area contributed by atoms with Crippen molar-refractivity contribution in [3.05, 3.63) is 52.6 Å². The number of nitrogens with zero attached hydrogens (tertiary/aromatic N) is 1. The van der Waals surface area contributed by atoms with Crippen LogP contribution in [0.1, 0.15) is 76.2 Å². The minimum Gasteiger partial charge on any atom is -0.550 e. The van der Waals surface area contributed by atoms with Gasteiger partial charge >= 0.3 is 35.5 Å². The van der Waals surface area contributed by atoms with Crippen LogP contribution in [0, 0.1) is 28.6 Å². The number of hydrogen-bond acceptors (Lipinski definition) is 6. The van der Waals surface area contributed by atoms with Gasteiger partial charge in [-0.1, -0.05) is 24.6 Å². The Labute approximate surface area is 263 Å². The SMILES string of the molecule is CN(C)c1ccc([C@H]2C[C@@]3(C)[C@@H](CC[C@]3(C#CCl)OC(=O)CCC(=O)[O-])[C@@H]3CCC4=CC(=O)CCC4=C32)cc1.[Na+]. The second-order valence-electron chi connectivity index (χ2n) is 11.9. The summed E-state index contributed by atoms with van der Waals surface area (Å²) in [6.45, 7) is 2.18. The number of carboxylic acids is 1. The molecule has 4 aliphatic rings. The van der Waals surface area contributed by atoms with E-state index < -0.39 is 29.4 Å². The van der Waals surface area contributed by atoms with E-state index in [4.69, 9.17) is 16.3 Å². The Morgan fingerprint density at radius 1 is 1.12 bits per heavy atom. The predicted molar refractivity (Wildman–Crippen MR) is 148 cm³/mol. The van der Waals surface area contributed by atoms with Crippen molar-refractivity contribution in [2.24, 2.45) is 17.3 Å². The molecule has 8 heteroatoms. The fourth-order valence-electron chi connectivity index (χ4n) is 7.88. The Hall–Kier alpha value is -2.04. The molecule has 1 aromatic rings. The number of ketones is 1. The summed E-state index contributed by atoms with van der Waals surface area (Å²) >= 11 is 6.01. The van der Waals surface area contributed by atoms with E-state index in [1.807, 2.05) is 20.2 Å². The first-order valence-electron chi connectivity index (χ1n) is 13.9. The molecule has 0 aromatic heterocycles. The second kappa shape index (κ2) is 12.1. The number of allylic oxidation sites excluding steroid dienone is 4. The summed E-state index contributed by atoms with van der Waals surface area (Å²) in [5, 5.41) is 13.5. The molecule has 0 N–H and O–H groups in total. The van der Waals surface area contributed by atoms with E-state index >= 15 is 0 Å². The van der Waals surface area contributed by atoms with E-state index in [9.17, 15) is 19.5 Å². The van der Waals surface area contributed by atoms with E-state index in [0.29, 0.717) is 12.8 Å². The van der Waals surface area contributed by atoms with Gasteiger partial charge in [-0.3, -0.25) is 9.59 Å². The molecule has 2 fully saturated rings. The normalized spacial score (nSPS) is 30.4. The van der Waals surface area contributed by atoms with E-state index in [1.165, 1.54) is 22.3 Å². The number of fused-ring (bicyclic) bond motifs is 4. The van der Waals surface area contributed by atoms with Crippen LogP contribution < -0.4 is 39.6 Å². The molecular weight excluding hydrogens is 537 g/mol. The topological polar surface area (TPSA) is 86.7 Å². The van der Waals surface area contributed by atoms with Crippen molar-refractivity contribution < 1.29 is 53.8 Å². The molecule has 4 aliphatic carbocycles. The third kappa shape index (κ3) is 5.43. The Bertz CT molecular complexity index is 1320. The Balaban J connectivity index is 0.00000370. The average Bonchev–Trinajstić information content (AvgIpc) is 3.18. The number of esters is 1. The summed E-state index contributed by atoms with van der Waals surface area (Å²) < 4.78 is 6.13. The van der Waals surface area contributed by atoms with Gasteiger partial charge in [-0.15, -0.1) is 0 Å². The first kappa shape index (κ1) is 30.9. The summed E-state index contributed by atoms with van der Waals surface area (Å²) in [4.78, 5) is 38.2. The molecule has 5 rings (SSSR count). The van der Waals surface area contributed by atoms with Gasteiger partial charge in [-0.25, -0.2) is 0 Å². The van der Waals surface area contributed by atoms with Gasteiger partial charge in [0.05, 0.1) is 6.42 Å². The number of halogens is 1. The van der Waals surface area contributed by atoms with Crippen molar-refractivity contribution in [2.45, 2.75) is 76.2 Å². The number of anilines is 1. The van der Waals surface area contributed by atoms with Crippen LogP contribution in [-0.4, -0.2) is 37.4 Å². The maximum atomic E-state index is 12.9. The van der Waals surface area contributed by atoms with Crippen LogP contribution in [-0.2, 0) is 19.1 Å². The molecule has 0 spiro atoms. The number of carboxylic acid groups (broad SMARTS) is 1. The van der Waals surface area contributed by atoms with Crippen molar-refractivity contribution >= 4 is 35.0 Å². The van der Waals surface area contributed by atoms with Crippen molar-refractivity contribution in [1.29, 1.82) is 0 Å². The third-order valence-electron chi connectivity index (χ3n) is 9.74. The molecule has 5 atom stereocenters. The van der Waals surface area contributed by atoms with Crippen molar-refractivity contribution in [1.82, 2.24) is 0 Å². The van der Waals surface area contributed by atoms with Crippen LogP contribution >= 0.6 is 11.6 Å². The standard InChI is InChI=1S/C32H36ClNO5.Na/c1-31-19-26(20-4-7-22(8-5-20)34(2)3)30-24-11-9-23(35)18-21(24)6-10-25(30)27(31)14-15-32(31,16-17-33)39-29(38)13-12-28(36)37;/h4-5,7-8,18,25-27H,6,9-15,19H2,1-3H3,(H,36,37);/q;+1/p-1/t25-,26+,27-,31-,32+;/m0./s1. The van der Waals surface area contributed by atoms with Crippen LogP contribution in [0.5, 0.6) is 0 Å². The number of ether oxygens (including phenoxy) is 1. The maximum Gasteiger partial charge on any atom is 1.00 e. The summed E-state index contributed by atoms with van der Waals surface area (Å²) in [7, 11) is 4.04. The first-order valence-corrected chi connectivity index (χ1v) is 14.2. The molecule has 2 saturated carbocycles. The van der Waals surface area contributed by atoms with Gasteiger partial charge in [0, 0.05) is 48.9 Å². The molecule has 206 valence electrons. The van der Waals surface area contributed by atoms with Gasteiger partial charge in [0.2, 0.25) is 0 Å². The average molecular weight is 572 g/mol. The van der Waals surface area contributed by atoms with Gasteiger partial charge in [0.15, 0.2) is 11.4 Å². The third-order valence-corrected chi connectivity index (χ3v) is 9.83. The molecule has 0 bridgehead atoms. The molecule has 0 radical (unpaired) electrons. The van der Waals surface area contributed by atoms with Crippen molar-refractivity contribution in [3.8, 4) is 11.3 Å². The first-order chi connectivity index (χ1) is 18.6. The number of benzene rings is 1. The van der Waals surface area contributed by atoms with E-state index in [1.54, 1.807) is 0 Å². The molecular formula is C32H35ClNNaO5. The van der Waals surface area contributed by atoms with Crippen LogP contribution in [0.3, 0.4) is 0 Å². The summed E-state index contributed by atoms with van der Waals surface area (Å²) in [6.07, 6.45) is 6.44. The number of aliphatic carboxylic acids is 1. The molecule has 0 unspecified atom stereocenters.